The Morgan fingerprint density at radius 3 is 2.76 bits per heavy atom. The lowest BCUT2D eigenvalue weighted by Crippen LogP contribution is -2.33. The number of aromatic nitrogens is 4. The van der Waals surface area contributed by atoms with E-state index in [1.54, 1.807) is 0 Å². The van der Waals surface area contributed by atoms with E-state index in [9.17, 15) is 15.0 Å². The van der Waals surface area contributed by atoms with Gasteiger partial charge in [0.05, 0.1) is 12.9 Å². The first-order chi connectivity index (χ1) is 9.52. The minimum absolute atomic E-state index is 0. The fourth-order valence-corrected chi connectivity index (χ4v) is 2.24. The number of nitrogens with zero attached hydrogens (tertiary/aromatic N) is 3. The highest BCUT2D eigenvalue weighted by Crippen LogP contribution is 2.30. The molecule has 3 heterocycles. The van der Waals surface area contributed by atoms with E-state index in [0.29, 0.717) is 0 Å². The van der Waals surface area contributed by atoms with Gasteiger partial charge in [0, 0.05) is 0 Å². The highest BCUT2D eigenvalue weighted by molar-refractivity contribution is 6.92. The van der Waals surface area contributed by atoms with Crippen LogP contribution in [0.25, 0.3) is 11.2 Å². The van der Waals surface area contributed by atoms with Crippen molar-refractivity contribution in [2.45, 2.75) is 24.5 Å². The number of hydrogen-bond acceptors (Lipinski definition) is 8. The number of H-pyrrole nitrogens is 1. The van der Waals surface area contributed by atoms with Crippen LogP contribution >= 0.6 is 9.90 Å². The van der Waals surface area contributed by atoms with Crippen molar-refractivity contribution in [2.24, 2.45) is 0 Å². The predicted octanol–water partition coefficient (Wildman–Crippen LogP) is -2.63. The van der Waals surface area contributed by atoms with E-state index in [1.807, 2.05) is 0 Å². The Morgan fingerprint density at radius 2 is 2.14 bits per heavy atom. The number of anilines is 1. The highest BCUT2D eigenvalue weighted by Gasteiger charge is 2.44. The summed E-state index contributed by atoms with van der Waals surface area (Å²) in [5, 5.41) is 28.7. The zero-order chi connectivity index (χ0) is 14.4. The molecule has 6 N–H and O–H groups in total. The SMILES string of the molecule is Nc1nc2c(ncn2[C@@H]2O[C@H](CO)[C@@H](O)[C@H]2O)c(=O)[nH]1.P. The van der Waals surface area contributed by atoms with Gasteiger partial charge in [-0.15, -0.1) is 0 Å². The molecule has 0 radical (unpaired) electrons. The summed E-state index contributed by atoms with van der Waals surface area (Å²) in [5.74, 6) is -0.101. The smallest absolute Gasteiger partial charge is 0.280 e. The first-order valence-corrected chi connectivity index (χ1v) is 5.87. The van der Waals surface area contributed by atoms with Gasteiger partial charge in [0.1, 0.15) is 18.3 Å². The molecule has 3 rings (SSSR count). The summed E-state index contributed by atoms with van der Waals surface area (Å²) in [6, 6.07) is 0. The lowest BCUT2D eigenvalue weighted by atomic mass is 10.1. The second-order valence-corrected chi connectivity index (χ2v) is 4.50. The molecule has 5 atom stereocenters. The van der Waals surface area contributed by atoms with Crippen molar-refractivity contribution in [1.29, 1.82) is 0 Å². The van der Waals surface area contributed by atoms with Gasteiger partial charge in [-0.05, 0) is 0 Å². The normalized spacial score (nSPS) is 28.7. The molecule has 10 nitrogen and oxygen atoms in total. The van der Waals surface area contributed by atoms with E-state index in [4.69, 9.17) is 15.6 Å². The Morgan fingerprint density at radius 1 is 1.43 bits per heavy atom. The van der Waals surface area contributed by atoms with Gasteiger partial charge in [-0.1, -0.05) is 0 Å². The number of ether oxygens (including phenoxy) is 1. The standard InChI is InChI=1S/C10H13N5O5.H3P/c11-10-13-7-4(8(19)14-10)12-2-15(7)9-6(18)5(17)3(1-16)20-9;/h2-3,5-6,9,16-18H,1H2,(H3,11,13,14,19);1H3/t3-,5-,6-,9-;/m1./s1. The molecular formula is C10H16N5O5P. The van der Waals surface area contributed by atoms with E-state index in [-0.39, 0.29) is 27.0 Å². The van der Waals surface area contributed by atoms with Crippen molar-refractivity contribution >= 4 is 27.0 Å². The molecule has 1 unspecified atom stereocenters. The highest BCUT2D eigenvalue weighted by atomic mass is 31.0. The fourth-order valence-electron chi connectivity index (χ4n) is 2.24. The quantitative estimate of drug-likeness (QED) is 0.376. The number of fused-ring (bicyclic) bond motifs is 1. The molecule has 11 heteroatoms. The molecule has 0 aromatic carbocycles. The van der Waals surface area contributed by atoms with E-state index in [2.05, 4.69) is 15.0 Å². The van der Waals surface area contributed by atoms with Gasteiger partial charge in [-0.25, -0.2) is 4.98 Å². The second kappa shape index (κ2) is 5.66. The average Bonchev–Trinajstić information content (AvgIpc) is 2.93. The number of aliphatic hydroxyl groups is 3. The summed E-state index contributed by atoms with van der Waals surface area (Å²) in [4.78, 5) is 21.8. The molecule has 0 aliphatic carbocycles. The van der Waals surface area contributed by atoms with E-state index >= 15 is 0 Å². The van der Waals surface area contributed by atoms with Crippen LogP contribution in [0.4, 0.5) is 5.95 Å². The number of nitrogens with two attached hydrogens (primary N) is 1. The Labute approximate surface area is 121 Å². The van der Waals surface area contributed by atoms with Crippen molar-refractivity contribution < 1.29 is 20.1 Å². The van der Waals surface area contributed by atoms with Crippen LogP contribution < -0.4 is 11.3 Å². The Bertz CT molecular complexity index is 703. The predicted molar refractivity (Wildman–Crippen MR) is 76.7 cm³/mol. The van der Waals surface area contributed by atoms with E-state index in [1.165, 1.54) is 10.9 Å². The third-order valence-electron chi connectivity index (χ3n) is 3.24. The van der Waals surface area contributed by atoms with Crippen molar-refractivity contribution in [1.82, 2.24) is 19.5 Å². The van der Waals surface area contributed by atoms with Crippen LogP contribution in [0.2, 0.25) is 0 Å². The van der Waals surface area contributed by atoms with Gasteiger partial charge in [0.25, 0.3) is 5.56 Å². The molecule has 2 aromatic rings. The second-order valence-electron chi connectivity index (χ2n) is 4.50. The summed E-state index contributed by atoms with van der Waals surface area (Å²) in [6.45, 7) is -0.447. The Balaban J connectivity index is 0.00000161. The minimum Gasteiger partial charge on any atom is -0.394 e. The lowest BCUT2D eigenvalue weighted by molar-refractivity contribution is -0.0511. The maximum absolute atomic E-state index is 11.7. The lowest BCUT2D eigenvalue weighted by Gasteiger charge is -2.16. The Hall–Kier alpha value is -1.58. The van der Waals surface area contributed by atoms with Gasteiger partial charge >= 0.3 is 0 Å². The monoisotopic (exact) mass is 317 g/mol. The molecule has 1 aliphatic heterocycles. The third kappa shape index (κ3) is 2.41. The molecule has 0 amide bonds. The zero-order valence-corrected chi connectivity index (χ0v) is 12.3. The van der Waals surface area contributed by atoms with Crippen molar-refractivity contribution in [3.63, 3.8) is 0 Å². The molecule has 116 valence electrons. The van der Waals surface area contributed by atoms with Gasteiger partial charge < -0.3 is 25.8 Å². The van der Waals surface area contributed by atoms with Gasteiger partial charge in [-0.3, -0.25) is 14.3 Å². The minimum atomic E-state index is -1.29. The summed E-state index contributed by atoms with van der Waals surface area (Å²) in [7, 11) is 0. The molecule has 1 saturated heterocycles. The maximum Gasteiger partial charge on any atom is 0.280 e. The number of nitrogen functional groups attached to an aromatic ring is 1. The number of imidazole rings is 1. The van der Waals surface area contributed by atoms with Crippen LogP contribution in [0.15, 0.2) is 11.1 Å². The molecule has 1 fully saturated rings. The van der Waals surface area contributed by atoms with Crippen molar-refractivity contribution in [3.8, 4) is 0 Å². The van der Waals surface area contributed by atoms with Gasteiger partial charge in [0.2, 0.25) is 5.95 Å². The Kier molecular flexibility index (Phi) is 4.26. The van der Waals surface area contributed by atoms with Gasteiger partial charge in [0.15, 0.2) is 17.4 Å². The number of rotatable bonds is 2. The summed E-state index contributed by atoms with van der Waals surface area (Å²) in [5.41, 5.74) is 5.12. The average molecular weight is 317 g/mol. The largest absolute Gasteiger partial charge is 0.394 e. The molecule has 0 saturated carbocycles. The van der Waals surface area contributed by atoms with Crippen molar-refractivity contribution in [3.05, 3.63) is 16.7 Å². The number of nitrogens with one attached hydrogen (secondary N) is 1. The first kappa shape index (κ1) is 15.8. The molecule has 0 bridgehead atoms. The topological polar surface area (TPSA) is 160 Å². The summed E-state index contributed by atoms with van der Waals surface area (Å²) >= 11 is 0. The van der Waals surface area contributed by atoms with Gasteiger partial charge in [-0.2, -0.15) is 14.9 Å². The van der Waals surface area contributed by atoms with Crippen LogP contribution in [-0.4, -0.2) is 59.8 Å². The zero-order valence-electron chi connectivity index (χ0n) is 10.9. The van der Waals surface area contributed by atoms with Crippen molar-refractivity contribution in [2.75, 3.05) is 12.3 Å². The molecule has 2 aromatic heterocycles. The van der Waals surface area contributed by atoms with Crippen LogP contribution in [-0.2, 0) is 4.74 Å². The fraction of sp³-hybridized carbons (Fsp3) is 0.500. The van der Waals surface area contributed by atoms with E-state index < -0.39 is 36.7 Å². The maximum atomic E-state index is 11.7. The number of aliphatic hydroxyl groups excluding tert-OH is 3. The first-order valence-electron chi connectivity index (χ1n) is 5.87. The van der Waals surface area contributed by atoms with Crippen LogP contribution in [0.1, 0.15) is 6.23 Å². The molecular weight excluding hydrogens is 301 g/mol. The van der Waals surface area contributed by atoms with Crippen LogP contribution in [0, 0.1) is 0 Å². The number of hydrogen-bond donors (Lipinski definition) is 5. The summed E-state index contributed by atoms with van der Waals surface area (Å²) < 4.78 is 6.64. The molecule has 21 heavy (non-hydrogen) atoms. The molecule has 1 aliphatic rings. The van der Waals surface area contributed by atoms with Crippen LogP contribution in [0.3, 0.4) is 0 Å². The third-order valence-corrected chi connectivity index (χ3v) is 3.24. The number of aromatic amines is 1. The summed E-state index contributed by atoms with van der Waals surface area (Å²) in [6.07, 6.45) is -3.21. The molecule has 0 spiro atoms. The van der Waals surface area contributed by atoms with E-state index in [0.717, 1.165) is 0 Å². The van der Waals surface area contributed by atoms with Crippen LogP contribution in [0.5, 0.6) is 0 Å².